The lowest BCUT2D eigenvalue weighted by Crippen LogP contribution is -2.41. The molecule has 0 saturated carbocycles. The van der Waals surface area contributed by atoms with Crippen molar-refractivity contribution in [2.75, 3.05) is 13.1 Å². The molecule has 1 fully saturated rings. The second kappa shape index (κ2) is 14.9. The van der Waals surface area contributed by atoms with Gasteiger partial charge < -0.3 is 19.1 Å². The summed E-state index contributed by atoms with van der Waals surface area (Å²) >= 11 is 0. The summed E-state index contributed by atoms with van der Waals surface area (Å²) in [7, 11) is 0. The van der Waals surface area contributed by atoms with Gasteiger partial charge in [-0.1, -0.05) is 40.7 Å². The van der Waals surface area contributed by atoms with Crippen LogP contribution < -0.4 is 9.47 Å². The van der Waals surface area contributed by atoms with Gasteiger partial charge in [-0.15, -0.1) is 13.2 Å². The highest BCUT2D eigenvalue weighted by atomic mass is 19.4. The molecule has 1 saturated heterocycles. The summed E-state index contributed by atoms with van der Waals surface area (Å²) < 4.78 is 51.1. The topological polar surface area (TPSA) is 48.0 Å². The van der Waals surface area contributed by atoms with Crippen molar-refractivity contribution in [3.63, 3.8) is 0 Å². The summed E-state index contributed by atoms with van der Waals surface area (Å²) in [6.07, 6.45) is 3.39. The predicted octanol–water partition coefficient (Wildman–Crippen LogP) is 8.90. The van der Waals surface area contributed by atoms with Crippen LogP contribution in [0.3, 0.4) is 0 Å². The smallest absolute Gasteiger partial charge is 0.457 e. The normalized spacial score (nSPS) is 16.4. The molecule has 0 bridgehead atoms. The molecule has 0 N–H and O–H groups in total. The zero-order valence-corrected chi connectivity index (χ0v) is 23.6. The molecule has 1 heterocycles. The van der Waals surface area contributed by atoms with E-state index in [0.29, 0.717) is 11.7 Å². The third kappa shape index (κ3) is 12.9. The number of rotatable bonds is 4. The van der Waals surface area contributed by atoms with Crippen LogP contribution in [0.5, 0.6) is 11.5 Å². The van der Waals surface area contributed by atoms with Gasteiger partial charge in [0.25, 0.3) is 0 Å². The molecule has 0 atom stereocenters. The Morgan fingerprint density at radius 3 is 1.95 bits per heavy atom. The van der Waals surface area contributed by atoms with E-state index in [-0.39, 0.29) is 17.4 Å². The Hall–Kier alpha value is -2.64. The minimum atomic E-state index is -4.68. The summed E-state index contributed by atoms with van der Waals surface area (Å²) in [5, 5.41) is 0. The van der Waals surface area contributed by atoms with Crippen LogP contribution >= 0.6 is 0 Å². The molecule has 37 heavy (non-hydrogen) atoms. The SMILES string of the molecule is CC.CC(C)C1=CCCC=C1Oc1ccc(OC(F)(F)F)cc1.CC1CCN(C(=O)OC(C)(C)C)CC1. The number of hydrogen-bond acceptors (Lipinski definition) is 4. The minimum Gasteiger partial charge on any atom is -0.457 e. The molecule has 210 valence electrons. The first-order valence-electron chi connectivity index (χ1n) is 13.2. The van der Waals surface area contributed by atoms with Crippen LogP contribution in [0.1, 0.15) is 81.1 Å². The average molecular weight is 528 g/mol. The van der Waals surface area contributed by atoms with Crippen LogP contribution in [-0.4, -0.2) is 36.0 Å². The van der Waals surface area contributed by atoms with Crippen molar-refractivity contribution < 1.29 is 32.2 Å². The maximum atomic E-state index is 12.1. The van der Waals surface area contributed by atoms with E-state index < -0.39 is 6.36 Å². The highest BCUT2D eigenvalue weighted by molar-refractivity contribution is 5.68. The van der Waals surface area contributed by atoms with Gasteiger partial charge in [0.2, 0.25) is 0 Å². The molecule has 1 aliphatic heterocycles. The van der Waals surface area contributed by atoms with Gasteiger partial charge in [-0.2, -0.15) is 0 Å². The number of carbonyl (C=O) groups is 1. The molecular formula is C29H44F3NO4. The number of alkyl halides is 3. The van der Waals surface area contributed by atoms with Gasteiger partial charge >= 0.3 is 12.5 Å². The maximum absolute atomic E-state index is 12.1. The van der Waals surface area contributed by atoms with E-state index in [2.05, 4.69) is 31.6 Å². The fourth-order valence-corrected chi connectivity index (χ4v) is 3.65. The molecule has 1 aliphatic carbocycles. The molecule has 0 aromatic heterocycles. The monoisotopic (exact) mass is 527 g/mol. The Kier molecular flexibility index (Phi) is 13.1. The molecule has 1 amide bonds. The molecular weight excluding hydrogens is 483 g/mol. The quantitative estimate of drug-likeness (QED) is 0.392. The molecule has 0 unspecified atom stereocenters. The lowest BCUT2D eigenvalue weighted by Gasteiger charge is -2.32. The fourth-order valence-electron chi connectivity index (χ4n) is 3.65. The highest BCUT2D eigenvalue weighted by Gasteiger charge is 2.31. The van der Waals surface area contributed by atoms with Gasteiger partial charge in [0.15, 0.2) is 0 Å². The number of nitrogens with zero attached hydrogens (tertiary/aromatic N) is 1. The first-order chi connectivity index (χ1) is 17.2. The summed E-state index contributed by atoms with van der Waals surface area (Å²) in [5.41, 5.74) is 0.747. The van der Waals surface area contributed by atoms with Crippen LogP contribution in [0.4, 0.5) is 18.0 Å². The Labute approximate surface area is 220 Å². The molecule has 8 heteroatoms. The van der Waals surface area contributed by atoms with E-state index in [9.17, 15) is 18.0 Å². The number of benzene rings is 1. The van der Waals surface area contributed by atoms with E-state index in [1.165, 1.54) is 24.3 Å². The number of allylic oxidation sites excluding steroid dienone is 3. The average Bonchev–Trinajstić information content (AvgIpc) is 2.81. The summed E-state index contributed by atoms with van der Waals surface area (Å²) in [6.45, 7) is 17.8. The van der Waals surface area contributed by atoms with E-state index >= 15 is 0 Å². The van der Waals surface area contributed by atoms with Crippen LogP contribution in [-0.2, 0) is 4.74 Å². The molecule has 0 radical (unpaired) electrons. The van der Waals surface area contributed by atoms with Gasteiger partial charge in [0.1, 0.15) is 22.9 Å². The number of halogens is 3. The second-order valence-corrected chi connectivity index (χ2v) is 10.2. The van der Waals surface area contributed by atoms with E-state index in [1.54, 1.807) is 0 Å². The largest absolute Gasteiger partial charge is 0.573 e. The van der Waals surface area contributed by atoms with Crippen LogP contribution in [0, 0.1) is 11.8 Å². The van der Waals surface area contributed by atoms with Gasteiger partial charge in [-0.25, -0.2) is 4.79 Å². The van der Waals surface area contributed by atoms with Crippen molar-refractivity contribution in [3.8, 4) is 11.5 Å². The minimum absolute atomic E-state index is 0.163. The lowest BCUT2D eigenvalue weighted by atomic mass is 9.95. The molecule has 3 rings (SSSR count). The van der Waals surface area contributed by atoms with Crippen molar-refractivity contribution in [1.82, 2.24) is 4.90 Å². The number of carbonyl (C=O) groups excluding carboxylic acids is 1. The van der Waals surface area contributed by atoms with E-state index in [1.807, 2.05) is 45.6 Å². The molecule has 2 aliphatic rings. The molecule has 0 spiro atoms. The van der Waals surface area contributed by atoms with Gasteiger partial charge in [-0.3, -0.25) is 0 Å². The van der Waals surface area contributed by atoms with Gasteiger partial charge in [-0.05, 0) is 94.2 Å². The zero-order valence-electron chi connectivity index (χ0n) is 23.6. The number of hydrogen-bond donors (Lipinski definition) is 0. The maximum Gasteiger partial charge on any atom is 0.573 e. The molecule has 1 aromatic rings. The zero-order chi connectivity index (χ0) is 28.2. The molecule has 1 aromatic carbocycles. The van der Waals surface area contributed by atoms with Crippen molar-refractivity contribution in [2.45, 2.75) is 93.0 Å². The summed E-state index contributed by atoms with van der Waals surface area (Å²) in [6, 6.07) is 5.42. The number of amides is 1. The first-order valence-corrected chi connectivity index (χ1v) is 13.2. The standard InChI is InChI=1S/C16H17F3O2.C11H21NO2.C2H6/c1-11(2)14-5-3-4-6-15(14)20-12-7-9-13(10-8-12)21-16(17,18)19;1-9-5-7-12(8-6-9)10(13)14-11(2,3)4;1-2/h5-11H,3-4H2,1-2H3;9H,5-8H2,1-4H3;1-2H3. The Balaban J connectivity index is 0.000000372. The Morgan fingerprint density at radius 1 is 0.946 bits per heavy atom. The molecule has 5 nitrogen and oxygen atoms in total. The Morgan fingerprint density at radius 2 is 1.46 bits per heavy atom. The second-order valence-electron chi connectivity index (χ2n) is 10.2. The van der Waals surface area contributed by atoms with Crippen LogP contribution in [0.2, 0.25) is 0 Å². The highest BCUT2D eigenvalue weighted by Crippen LogP contribution is 2.30. The van der Waals surface area contributed by atoms with E-state index in [0.717, 1.165) is 56.0 Å². The van der Waals surface area contributed by atoms with Crippen molar-refractivity contribution >= 4 is 6.09 Å². The number of piperidine rings is 1. The number of ether oxygens (including phenoxy) is 3. The summed E-state index contributed by atoms with van der Waals surface area (Å²) in [5.74, 6) is 2.09. The fraction of sp³-hybridized carbons (Fsp3) is 0.621. The van der Waals surface area contributed by atoms with Crippen LogP contribution in [0.25, 0.3) is 0 Å². The van der Waals surface area contributed by atoms with Crippen molar-refractivity contribution in [1.29, 1.82) is 0 Å². The van der Waals surface area contributed by atoms with Gasteiger partial charge in [0.05, 0.1) is 0 Å². The predicted molar refractivity (Wildman–Crippen MR) is 142 cm³/mol. The third-order valence-corrected chi connectivity index (χ3v) is 5.49. The van der Waals surface area contributed by atoms with Gasteiger partial charge in [0, 0.05) is 13.1 Å². The van der Waals surface area contributed by atoms with Crippen molar-refractivity contribution in [2.24, 2.45) is 11.8 Å². The third-order valence-electron chi connectivity index (χ3n) is 5.49. The van der Waals surface area contributed by atoms with E-state index in [4.69, 9.17) is 9.47 Å². The Bertz CT molecular complexity index is 876. The lowest BCUT2D eigenvalue weighted by molar-refractivity contribution is -0.274. The van der Waals surface area contributed by atoms with Crippen LogP contribution in [0.15, 0.2) is 47.7 Å². The summed E-state index contributed by atoms with van der Waals surface area (Å²) in [4.78, 5) is 13.4. The number of likely N-dealkylation sites (tertiary alicyclic amines) is 1. The van der Waals surface area contributed by atoms with Crippen molar-refractivity contribution in [3.05, 3.63) is 47.7 Å². The first kappa shape index (κ1) is 32.4.